The molecular weight excluding hydrogens is 274 g/mol. The van der Waals surface area contributed by atoms with Crippen LogP contribution in [0.3, 0.4) is 0 Å². The van der Waals surface area contributed by atoms with Crippen molar-refractivity contribution in [3.8, 4) is 0 Å². The van der Waals surface area contributed by atoms with E-state index in [1.807, 2.05) is 13.8 Å². The molecule has 0 aliphatic heterocycles. The van der Waals surface area contributed by atoms with Crippen LogP contribution in [0.2, 0.25) is 0 Å². The summed E-state index contributed by atoms with van der Waals surface area (Å²) in [6.45, 7) is 5.24. The van der Waals surface area contributed by atoms with Crippen molar-refractivity contribution >= 4 is 11.9 Å². The number of ether oxygens (including phenoxy) is 2. The molecule has 0 amide bonds. The molecule has 0 spiro atoms. The molecule has 0 aromatic heterocycles. The molecule has 0 aromatic rings. The molecule has 0 saturated carbocycles. The van der Waals surface area contributed by atoms with Crippen molar-refractivity contribution in [2.75, 3.05) is 26.4 Å². The third-order valence-electron chi connectivity index (χ3n) is 2.88. The van der Waals surface area contributed by atoms with Gasteiger partial charge in [-0.15, -0.1) is 0 Å². The first-order chi connectivity index (χ1) is 10.2. The molecule has 0 unspecified atom stereocenters. The van der Waals surface area contributed by atoms with Gasteiger partial charge < -0.3 is 19.9 Å². The van der Waals surface area contributed by atoms with E-state index in [0.717, 1.165) is 25.7 Å². The molecule has 6 heteroatoms. The van der Waals surface area contributed by atoms with Gasteiger partial charge in [-0.1, -0.05) is 26.7 Å². The topological polar surface area (TPSA) is 84.9 Å². The maximum Gasteiger partial charge on any atom is 0.323 e. The van der Waals surface area contributed by atoms with E-state index in [1.165, 1.54) is 0 Å². The van der Waals surface area contributed by atoms with Gasteiger partial charge >= 0.3 is 11.9 Å². The number of hydrogen-bond acceptors (Lipinski definition) is 6. The molecule has 6 nitrogen and oxygen atoms in total. The molecule has 0 saturated heterocycles. The third-order valence-corrected chi connectivity index (χ3v) is 2.88. The van der Waals surface area contributed by atoms with Gasteiger partial charge in [0.05, 0.1) is 19.6 Å². The highest BCUT2D eigenvalue weighted by Crippen LogP contribution is 2.01. The smallest absolute Gasteiger partial charge is 0.323 e. The highest BCUT2D eigenvalue weighted by atomic mass is 16.5. The molecule has 0 rings (SSSR count). The number of carbonyl (C=O) groups excluding carboxylic acids is 2. The molecule has 0 aromatic carbocycles. The summed E-state index contributed by atoms with van der Waals surface area (Å²) >= 11 is 0. The molecular formula is C15H29NO5. The Morgan fingerprint density at radius 3 is 2.24 bits per heavy atom. The molecule has 2 N–H and O–H groups in total. The first kappa shape index (κ1) is 19.9. The number of unbranched alkanes of at least 4 members (excludes halogenated alkanes) is 2. The normalized spacial score (nSPS) is 12.0. The maximum absolute atomic E-state index is 11.9. The molecule has 1 atom stereocenters. The highest BCUT2D eigenvalue weighted by molar-refractivity contribution is 5.82. The summed E-state index contributed by atoms with van der Waals surface area (Å²) < 4.78 is 10.2. The van der Waals surface area contributed by atoms with Crippen LogP contribution in [-0.4, -0.2) is 49.5 Å². The third kappa shape index (κ3) is 11.2. The van der Waals surface area contributed by atoms with Gasteiger partial charge in [-0.25, -0.2) is 0 Å². The van der Waals surface area contributed by atoms with Crippen LogP contribution >= 0.6 is 0 Å². The van der Waals surface area contributed by atoms with Crippen LogP contribution < -0.4 is 5.32 Å². The molecule has 0 aliphatic carbocycles. The number of aliphatic hydroxyl groups is 1. The number of esters is 2. The summed E-state index contributed by atoms with van der Waals surface area (Å²) in [7, 11) is 0. The molecule has 0 aliphatic rings. The molecule has 124 valence electrons. The van der Waals surface area contributed by atoms with Crippen molar-refractivity contribution in [1.82, 2.24) is 5.32 Å². The van der Waals surface area contributed by atoms with Gasteiger partial charge in [0.25, 0.3) is 0 Å². The second kappa shape index (κ2) is 13.8. The van der Waals surface area contributed by atoms with Crippen molar-refractivity contribution in [2.45, 2.75) is 58.4 Å². The van der Waals surface area contributed by atoms with Crippen LogP contribution in [0.1, 0.15) is 52.4 Å². The van der Waals surface area contributed by atoms with Crippen molar-refractivity contribution in [1.29, 1.82) is 0 Å². The molecule has 0 fully saturated rings. The molecule has 0 radical (unpaired) electrons. The number of aliphatic hydroxyl groups excluding tert-OH is 1. The lowest BCUT2D eigenvalue weighted by Crippen LogP contribution is -2.41. The number of carbonyl (C=O) groups is 2. The Bertz CT molecular complexity index is 283. The number of rotatable bonds is 13. The first-order valence-electron chi connectivity index (χ1n) is 7.82. The Morgan fingerprint density at radius 2 is 1.67 bits per heavy atom. The molecule has 0 bridgehead atoms. The first-order valence-corrected chi connectivity index (χ1v) is 7.82. The Hall–Kier alpha value is -1.14. The van der Waals surface area contributed by atoms with E-state index in [-0.39, 0.29) is 13.0 Å². The summed E-state index contributed by atoms with van der Waals surface area (Å²) in [4.78, 5) is 23.6. The maximum atomic E-state index is 11.9. The van der Waals surface area contributed by atoms with Crippen molar-refractivity contribution in [2.24, 2.45) is 0 Å². The van der Waals surface area contributed by atoms with Crippen LogP contribution in [0.25, 0.3) is 0 Å². The predicted molar refractivity (Wildman–Crippen MR) is 79.8 cm³/mol. The summed E-state index contributed by atoms with van der Waals surface area (Å²) in [6, 6.07) is -0.706. The van der Waals surface area contributed by atoms with E-state index >= 15 is 0 Å². The zero-order valence-corrected chi connectivity index (χ0v) is 13.2. The van der Waals surface area contributed by atoms with E-state index in [0.29, 0.717) is 26.2 Å². The number of hydrogen-bond donors (Lipinski definition) is 2. The van der Waals surface area contributed by atoms with Crippen molar-refractivity contribution < 1.29 is 24.2 Å². The second-order valence-corrected chi connectivity index (χ2v) is 4.88. The van der Waals surface area contributed by atoms with Gasteiger partial charge in [0.2, 0.25) is 0 Å². The van der Waals surface area contributed by atoms with E-state index in [1.54, 1.807) is 0 Å². The minimum absolute atomic E-state index is 0.0333. The van der Waals surface area contributed by atoms with E-state index in [2.05, 4.69) is 5.32 Å². The fourth-order valence-corrected chi connectivity index (χ4v) is 1.57. The average Bonchev–Trinajstić information content (AvgIpc) is 2.47. The number of nitrogens with one attached hydrogen (secondary N) is 1. The average molecular weight is 303 g/mol. The van der Waals surface area contributed by atoms with Gasteiger partial charge in [-0.05, 0) is 25.8 Å². The lowest BCUT2D eigenvalue weighted by atomic mass is 10.2. The van der Waals surface area contributed by atoms with Gasteiger partial charge in [0.1, 0.15) is 6.04 Å². The lowest BCUT2D eigenvalue weighted by molar-refractivity contribution is -0.153. The lowest BCUT2D eigenvalue weighted by Gasteiger charge is -2.17. The minimum atomic E-state index is -0.706. The van der Waals surface area contributed by atoms with E-state index in [9.17, 15) is 9.59 Å². The summed E-state index contributed by atoms with van der Waals surface area (Å²) in [6.07, 6.45) is 3.98. The van der Waals surface area contributed by atoms with Crippen LogP contribution in [0.5, 0.6) is 0 Å². The SMILES string of the molecule is CCCCOC(=O)C[C@H](NCCCO)C(=O)OCCCC. The van der Waals surface area contributed by atoms with Crippen LogP contribution in [0.4, 0.5) is 0 Å². The van der Waals surface area contributed by atoms with Crippen LogP contribution in [0, 0.1) is 0 Å². The summed E-state index contributed by atoms with van der Waals surface area (Å²) in [5.74, 6) is -0.841. The van der Waals surface area contributed by atoms with Crippen LogP contribution in [-0.2, 0) is 19.1 Å². The van der Waals surface area contributed by atoms with Gasteiger partial charge in [0, 0.05) is 6.61 Å². The second-order valence-electron chi connectivity index (χ2n) is 4.88. The van der Waals surface area contributed by atoms with Gasteiger partial charge in [0.15, 0.2) is 0 Å². The Kier molecular flexibility index (Phi) is 13.1. The van der Waals surface area contributed by atoms with Crippen LogP contribution in [0.15, 0.2) is 0 Å². The Balaban J connectivity index is 4.22. The van der Waals surface area contributed by atoms with E-state index in [4.69, 9.17) is 14.6 Å². The molecule has 0 heterocycles. The van der Waals surface area contributed by atoms with Gasteiger partial charge in [-0.2, -0.15) is 0 Å². The monoisotopic (exact) mass is 303 g/mol. The zero-order chi connectivity index (χ0) is 15.9. The van der Waals surface area contributed by atoms with Crippen molar-refractivity contribution in [3.63, 3.8) is 0 Å². The fraction of sp³-hybridized carbons (Fsp3) is 0.867. The van der Waals surface area contributed by atoms with Gasteiger partial charge in [-0.3, -0.25) is 9.59 Å². The standard InChI is InChI=1S/C15H29NO5/c1-3-5-10-20-14(18)12-13(16-8-7-9-17)15(19)21-11-6-4-2/h13,16-17H,3-12H2,1-2H3/t13-/m0/s1. The minimum Gasteiger partial charge on any atom is -0.466 e. The Morgan fingerprint density at radius 1 is 1.05 bits per heavy atom. The molecule has 21 heavy (non-hydrogen) atoms. The zero-order valence-electron chi connectivity index (χ0n) is 13.2. The highest BCUT2D eigenvalue weighted by Gasteiger charge is 2.23. The summed E-state index contributed by atoms with van der Waals surface area (Å²) in [5.41, 5.74) is 0. The summed E-state index contributed by atoms with van der Waals surface area (Å²) in [5, 5.41) is 11.7. The fourth-order valence-electron chi connectivity index (χ4n) is 1.57. The van der Waals surface area contributed by atoms with E-state index < -0.39 is 18.0 Å². The predicted octanol–water partition coefficient (Wildman–Crippen LogP) is 1.40. The quantitative estimate of drug-likeness (QED) is 0.395. The Labute approximate surface area is 127 Å². The van der Waals surface area contributed by atoms with Crippen molar-refractivity contribution in [3.05, 3.63) is 0 Å². The largest absolute Gasteiger partial charge is 0.466 e.